The van der Waals surface area contributed by atoms with Crippen molar-refractivity contribution in [2.75, 3.05) is 0 Å². The molecule has 0 spiro atoms. The lowest BCUT2D eigenvalue weighted by molar-refractivity contribution is -0.146. The summed E-state index contributed by atoms with van der Waals surface area (Å²) < 4.78 is 6.24. The number of carbonyl (C=O) groups excluding carboxylic acids is 1. The van der Waals surface area contributed by atoms with Gasteiger partial charge in [-0.25, -0.2) is 4.79 Å². The van der Waals surface area contributed by atoms with E-state index in [-0.39, 0.29) is 11.6 Å². The molecule has 0 radical (unpaired) electrons. The minimum absolute atomic E-state index is 0.0137. The minimum atomic E-state index is -0.568. The molecule has 0 bridgehead atoms. The molecule has 0 heterocycles. The Kier molecular flexibility index (Phi) is 5.29. The van der Waals surface area contributed by atoms with Gasteiger partial charge >= 0.3 is 5.97 Å². The Morgan fingerprint density at radius 1 is 1.32 bits per heavy atom. The molecule has 0 aliphatic rings. The summed E-state index contributed by atoms with van der Waals surface area (Å²) in [4.78, 5) is 11.9. The van der Waals surface area contributed by atoms with Gasteiger partial charge < -0.3 is 4.74 Å². The molecular formula is C15H20BrNO2. The van der Waals surface area contributed by atoms with Crippen LogP contribution >= 0.6 is 15.9 Å². The standard InChI is InChI=1S/C15H20BrNO2/c1-5-12(10-6-8-11(16)9-7-10)13(17)14(18)19-15(2,3)4/h6-9,12,17H,5H2,1-4H3. The van der Waals surface area contributed by atoms with Gasteiger partial charge in [-0.15, -0.1) is 0 Å². The van der Waals surface area contributed by atoms with E-state index in [1.807, 2.05) is 31.2 Å². The van der Waals surface area contributed by atoms with Crippen LogP contribution in [0.2, 0.25) is 0 Å². The van der Waals surface area contributed by atoms with E-state index >= 15 is 0 Å². The molecule has 1 aromatic rings. The quantitative estimate of drug-likeness (QED) is 0.662. The molecular weight excluding hydrogens is 306 g/mol. The first kappa shape index (κ1) is 15.9. The zero-order valence-electron chi connectivity index (χ0n) is 11.8. The first-order valence-corrected chi connectivity index (χ1v) is 7.11. The van der Waals surface area contributed by atoms with Gasteiger partial charge in [-0.1, -0.05) is 35.0 Å². The Labute approximate surface area is 123 Å². The second-order valence-corrected chi connectivity index (χ2v) is 6.34. The normalized spacial score (nSPS) is 12.9. The summed E-state index contributed by atoms with van der Waals surface area (Å²) in [6.45, 7) is 7.38. The van der Waals surface area contributed by atoms with Gasteiger partial charge in [0.25, 0.3) is 0 Å². The summed E-state index contributed by atoms with van der Waals surface area (Å²) in [5.41, 5.74) is 0.405. The summed E-state index contributed by atoms with van der Waals surface area (Å²) in [6, 6.07) is 7.69. The van der Waals surface area contributed by atoms with Crippen molar-refractivity contribution >= 4 is 27.6 Å². The topological polar surface area (TPSA) is 50.2 Å². The van der Waals surface area contributed by atoms with E-state index in [0.717, 1.165) is 10.0 Å². The van der Waals surface area contributed by atoms with Crippen molar-refractivity contribution in [2.45, 2.75) is 45.6 Å². The summed E-state index contributed by atoms with van der Waals surface area (Å²) in [7, 11) is 0. The Bertz CT molecular complexity index is 460. The van der Waals surface area contributed by atoms with Crippen molar-refractivity contribution in [1.29, 1.82) is 5.41 Å². The summed E-state index contributed by atoms with van der Waals surface area (Å²) >= 11 is 3.38. The highest BCUT2D eigenvalue weighted by atomic mass is 79.9. The predicted octanol–water partition coefficient (Wildman–Crippen LogP) is 4.30. The van der Waals surface area contributed by atoms with E-state index in [9.17, 15) is 4.79 Å². The van der Waals surface area contributed by atoms with Gasteiger partial charge in [0.2, 0.25) is 0 Å². The van der Waals surface area contributed by atoms with Crippen LogP contribution in [0.5, 0.6) is 0 Å². The van der Waals surface area contributed by atoms with Crippen molar-refractivity contribution < 1.29 is 9.53 Å². The molecule has 3 nitrogen and oxygen atoms in total. The molecule has 0 saturated carbocycles. The molecule has 4 heteroatoms. The van der Waals surface area contributed by atoms with Crippen LogP contribution in [-0.2, 0) is 9.53 Å². The molecule has 104 valence electrons. The summed E-state index contributed by atoms with van der Waals surface area (Å²) in [6.07, 6.45) is 0.694. The highest BCUT2D eigenvalue weighted by Gasteiger charge is 2.26. The van der Waals surface area contributed by atoms with E-state index in [2.05, 4.69) is 15.9 Å². The van der Waals surface area contributed by atoms with Crippen LogP contribution in [-0.4, -0.2) is 17.3 Å². The molecule has 0 aliphatic carbocycles. The fourth-order valence-electron chi connectivity index (χ4n) is 1.78. The zero-order valence-corrected chi connectivity index (χ0v) is 13.4. The zero-order chi connectivity index (χ0) is 14.6. The minimum Gasteiger partial charge on any atom is -0.455 e. The Balaban J connectivity index is 2.88. The lowest BCUT2D eigenvalue weighted by Crippen LogP contribution is -2.31. The van der Waals surface area contributed by atoms with E-state index in [1.165, 1.54) is 0 Å². The average molecular weight is 326 g/mol. The number of rotatable bonds is 4. The maximum atomic E-state index is 11.9. The molecule has 0 amide bonds. The third kappa shape index (κ3) is 4.78. The van der Waals surface area contributed by atoms with Gasteiger partial charge in [0.1, 0.15) is 11.3 Å². The van der Waals surface area contributed by atoms with Crippen LogP contribution in [0.1, 0.15) is 45.6 Å². The lowest BCUT2D eigenvalue weighted by atomic mass is 9.91. The molecule has 1 unspecified atom stereocenters. The molecule has 19 heavy (non-hydrogen) atoms. The van der Waals surface area contributed by atoms with Gasteiger partial charge in [0.15, 0.2) is 0 Å². The molecule has 1 aromatic carbocycles. The maximum absolute atomic E-state index is 11.9. The third-order valence-electron chi connectivity index (χ3n) is 2.65. The van der Waals surface area contributed by atoms with Gasteiger partial charge in [0, 0.05) is 10.4 Å². The van der Waals surface area contributed by atoms with Crippen LogP contribution in [0.3, 0.4) is 0 Å². The van der Waals surface area contributed by atoms with Crippen LogP contribution in [0, 0.1) is 5.41 Å². The Hall–Kier alpha value is -1.16. The smallest absolute Gasteiger partial charge is 0.353 e. The van der Waals surface area contributed by atoms with Crippen LogP contribution in [0.4, 0.5) is 0 Å². The largest absolute Gasteiger partial charge is 0.455 e. The van der Waals surface area contributed by atoms with E-state index in [0.29, 0.717) is 6.42 Å². The molecule has 1 rings (SSSR count). The van der Waals surface area contributed by atoms with E-state index < -0.39 is 11.6 Å². The van der Waals surface area contributed by atoms with Crippen LogP contribution in [0.25, 0.3) is 0 Å². The molecule has 1 atom stereocenters. The maximum Gasteiger partial charge on any atom is 0.353 e. The van der Waals surface area contributed by atoms with Crippen LogP contribution in [0.15, 0.2) is 28.7 Å². The monoisotopic (exact) mass is 325 g/mol. The van der Waals surface area contributed by atoms with Gasteiger partial charge in [-0.2, -0.15) is 0 Å². The number of ether oxygens (including phenoxy) is 1. The highest BCUT2D eigenvalue weighted by Crippen LogP contribution is 2.24. The van der Waals surface area contributed by atoms with E-state index in [4.69, 9.17) is 10.1 Å². The summed E-state index contributed by atoms with van der Waals surface area (Å²) in [5.74, 6) is -0.759. The molecule has 0 aromatic heterocycles. The van der Waals surface area contributed by atoms with Gasteiger partial charge in [-0.05, 0) is 44.9 Å². The first-order valence-electron chi connectivity index (χ1n) is 6.32. The second kappa shape index (κ2) is 6.33. The van der Waals surface area contributed by atoms with Crippen molar-refractivity contribution in [2.24, 2.45) is 0 Å². The van der Waals surface area contributed by atoms with Crippen LogP contribution < -0.4 is 0 Å². The lowest BCUT2D eigenvalue weighted by Gasteiger charge is -2.22. The number of benzene rings is 1. The van der Waals surface area contributed by atoms with Crippen molar-refractivity contribution in [1.82, 2.24) is 0 Å². The number of hydrogen-bond acceptors (Lipinski definition) is 3. The van der Waals surface area contributed by atoms with Gasteiger partial charge in [0.05, 0.1) is 0 Å². The SMILES string of the molecule is CCC(C(=N)C(=O)OC(C)(C)C)c1ccc(Br)cc1. The Morgan fingerprint density at radius 2 is 1.84 bits per heavy atom. The third-order valence-corrected chi connectivity index (χ3v) is 3.18. The second-order valence-electron chi connectivity index (χ2n) is 5.43. The number of nitrogens with one attached hydrogen (secondary N) is 1. The van der Waals surface area contributed by atoms with Crippen molar-refractivity contribution in [3.05, 3.63) is 34.3 Å². The molecule has 0 fully saturated rings. The van der Waals surface area contributed by atoms with Gasteiger partial charge in [-0.3, -0.25) is 5.41 Å². The number of esters is 1. The molecule has 1 N–H and O–H groups in total. The average Bonchev–Trinajstić information content (AvgIpc) is 2.30. The van der Waals surface area contributed by atoms with Crippen molar-refractivity contribution in [3.63, 3.8) is 0 Å². The number of carbonyl (C=O) groups is 1. The number of hydrogen-bond donors (Lipinski definition) is 1. The predicted molar refractivity (Wildman–Crippen MR) is 80.7 cm³/mol. The number of halogens is 1. The Morgan fingerprint density at radius 3 is 2.26 bits per heavy atom. The van der Waals surface area contributed by atoms with Crippen molar-refractivity contribution in [3.8, 4) is 0 Å². The summed E-state index contributed by atoms with van der Waals surface area (Å²) in [5, 5.41) is 8.04. The molecule has 0 aliphatic heterocycles. The first-order chi connectivity index (χ1) is 8.74. The fraction of sp³-hybridized carbons (Fsp3) is 0.467. The van der Waals surface area contributed by atoms with E-state index in [1.54, 1.807) is 20.8 Å². The fourth-order valence-corrected chi connectivity index (χ4v) is 2.04. The molecule has 0 saturated heterocycles. The highest BCUT2D eigenvalue weighted by molar-refractivity contribution is 9.10.